The van der Waals surface area contributed by atoms with Crippen molar-refractivity contribution in [2.75, 3.05) is 72.1 Å². The SMILES string of the molecule is c1ccc(-c2[nH]c3ccccc3c2CC[NH+]2CCN(CCN3CCOCC3)CC2)cc1. The molecule has 5 heteroatoms. The molecule has 5 nitrogen and oxygen atoms in total. The van der Waals surface area contributed by atoms with E-state index in [4.69, 9.17) is 4.74 Å². The molecule has 164 valence electrons. The van der Waals surface area contributed by atoms with E-state index in [-0.39, 0.29) is 0 Å². The van der Waals surface area contributed by atoms with E-state index >= 15 is 0 Å². The third kappa shape index (κ3) is 5.01. The first-order chi connectivity index (χ1) is 15.4. The van der Waals surface area contributed by atoms with Crippen molar-refractivity contribution in [2.45, 2.75) is 6.42 Å². The van der Waals surface area contributed by atoms with Gasteiger partial charge in [-0.3, -0.25) is 9.80 Å². The average Bonchev–Trinajstić information content (AvgIpc) is 3.22. The van der Waals surface area contributed by atoms with Gasteiger partial charge in [-0.15, -0.1) is 0 Å². The number of aromatic amines is 1. The Kier molecular flexibility index (Phi) is 6.65. The molecule has 0 saturated carbocycles. The van der Waals surface area contributed by atoms with Crippen molar-refractivity contribution in [1.29, 1.82) is 0 Å². The molecule has 0 bridgehead atoms. The summed E-state index contributed by atoms with van der Waals surface area (Å²) in [6.45, 7) is 12.5. The van der Waals surface area contributed by atoms with Crippen molar-refractivity contribution < 1.29 is 9.64 Å². The van der Waals surface area contributed by atoms with Crippen LogP contribution in [0.2, 0.25) is 0 Å². The number of fused-ring (bicyclic) bond motifs is 1. The van der Waals surface area contributed by atoms with Crippen molar-refractivity contribution >= 4 is 10.9 Å². The number of para-hydroxylation sites is 1. The van der Waals surface area contributed by atoms with Crippen molar-refractivity contribution in [1.82, 2.24) is 14.8 Å². The molecule has 0 unspecified atom stereocenters. The second-order valence-electron chi connectivity index (χ2n) is 8.94. The number of nitrogens with one attached hydrogen (secondary N) is 2. The molecule has 0 atom stereocenters. The first-order valence-corrected chi connectivity index (χ1v) is 11.9. The maximum atomic E-state index is 5.47. The van der Waals surface area contributed by atoms with Crippen molar-refractivity contribution in [3.63, 3.8) is 0 Å². The van der Waals surface area contributed by atoms with Crippen LogP contribution in [-0.2, 0) is 11.2 Å². The fourth-order valence-corrected chi connectivity index (χ4v) is 5.06. The van der Waals surface area contributed by atoms with E-state index in [1.54, 1.807) is 4.90 Å². The molecule has 0 spiro atoms. The summed E-state index contributed by atoms with van der Waals surface area (Å²) in [7, 11) is 0. The molecular weight excluding hydrogens is 384 g/mol. The molecule has 5 rings (SSSR count). The van der Waals surface area contributed by atoms with Gasteiger partial charge < -0.3 is 14.6 Å². The zero-order valence-electron chi connectivity index (χ0n) is 18.5. The Balaban J connectivity index is 1.18. The molecule has 31 heavy (non-hydrogen) atoms. The summed E-state index contributed by atoms with van der Waals surface area (Å²) >= 11 is 0. The van der Waals surface area contributed by atoms with Gasteiger partial charge in [0.05, 0.1) is 32.8 Å². The van der Waals surface area contributed by atoms with E-state index in [9.17, 15) is 0 Å². The molecule has 0 radical (unpaired) electrons. The van der Waals surface area contributed by atoms with Crippen LogP contribution in [-0.4, -0.2) is 86.9 Å². The summed E-state index contributed by atoms with van der Waals surface area (Å²) in [4.78, 5) is 10.6. The number of rotatable bonds is 7. The smallest absolute Gasteiger partial charge is 0.0900 e. The predicted molar refractivity (Wildman–Crippen MR) is 127 cm³/mol. The van der Waals surface area contributed by atoms with Crippen LogP contribution in [0.5, 0.6) is 0 Å². The third-order valence-electron chi connectivity index (χ3n) is 7.00. The van der Waals surface area contributed by atoms with E-state index in [0.717, 1.165) is 32.7 Å². The molecular formula is C26H35N4O+. The van der Waals surface area contributed by atoms with Crippen molar-refractivity contribution in [3.05, 3.63) is 60.2 Å². The number of benzene rings is 2. The highest BCUT2D eigenvalue weighted by Gasteiger charge is 2.22. The molecule has 1 aromatic heterocycles. The van der Waals surface area contributed by atoms with E-state index < -0.39 is 0 Å². The summed E-state index contributed by atoms with van der Waals surface area (Å²) < 4.78 is 5.47. The molecule has 2 N–H and O–H groups in total. The second kappa shape index (κ2) is 9.96. The molecule has 2 saturated heterocycles. The van der Waals surface area contributed by atoms with E-state index in [0.29, 0.717) is 0 Å². The van der Waals surface area contributed by atoms with Gasteiger partial charge in [-0.05, 0) is 17.2 Å². The molecule has 3 heterocycles. The highest BCUT2D eigenvalue weighted by Crippen LogP contribution is 2.30. The highest BCUT2D eigenvalue weighted by atomic mass is 16.5. The Morgan fingerprint density at radius 3 is 2.26 bits per heavy atom. The van der Waals surface area contributed by atoms with Crippen LogP contribution in [0.25, 0.3) is 22.2 Å². The molecule has 0 amide bonds. The number of hydrogen-bond acceptors (Lipinski definition) is 3. The largest absolute Gasteiger partial charge is 0.379 e. The van der Waals surface area contributed by atoms with E-state index in [1.165, 1.54) is 73.5 Å². The van der Waals surface area contributed by atoms with Crippen LogP contribution >= 0.6 is 0 Å². The predicted octanol–water partition coefficient (Wildman–Crippen LogP) is 1.91. The van der Waals surface area contributed by atoms with Crippen LogP contribution in [0.3, 0.4) is 0 Å². The molecule has 0 aliphatic carbocycles. The zero-order valence-corrected chi connectivity index (χ0v) is 18.5. The number of piperazine rings is 1. The fraction of sp³-hybridized carbons (Fsp3) is 0.462. The van der Waals surface area contributed by atoms with E-state index in [2.05, 4.69) is 69.4 Å². The fourth-order valence-electron chi connectivity index (χ4n) is 5.06. The summed E-state index contributed by atoms with van der Waals surface area (Å²) in [5, 5.41) is 1.38. The lowest BCUT2D eigenvalue weighted by molar-refractivity contribution is -0.904. The van der Waals surface area contributed by atoms with Gasteiger partial charge in [0.15, 0.2) is 0 Å². The summed E-state index contributed by atoms with van der Waals surface area (Å²) in [5.41, 5.74) is 5.31. The maximum Gasteiger partial charge on any atom is 0.0900 e. The van der Waals surface area contributed by atoms with E-state index in [1.807, 2.05) is 0 Å². The Hall–Kier alpha value is -2.18. The summed E-state index contributed by atoms with van der Waals surface area (Å²) in [6.07, 6.45) is 1.12. The number of H-pyrrole nitrogens is 1. The van der Waals surface area contributed by atoms with Gasteiger partial charge in [-0.2, -0.15) is 0 Å². The van der Waals surface area contributed by atoms with Gasteiger partial charge in [0.2, 0.25) is 0 Å². The Morgan fingerprint density at radius 2 is 1.48 bits per heavy atom. The number of aromatic nitrogens is 1. The monoisotopic (exact) mass is 419 g/mol. The van der Waals surface area contributed by atoms with Crippen LogP contribution in [0.4, 0.5) is 0 Å². The highest BCUT2D eigenvalue weighted by molar-refractivity contribution is 5.90. The molecule has 2 aromatic carbocycles. The Morgan fingerprint density at radius 1 is 0.806 bits per heavy atom. The lowest BCUT2D eigenvalue weighted by atomic mass is 10.0. The van der Waals surface area contributed by atoms with Gasteiger partial charge in [0.25, 0.3) is 0 Å². The molecule has 2 aliphatic rings. The Labute approximate surface area is 185 Å². The zero-order chi connectivity index (χ0) is 20.9. The van der Waals surface area contributed by atoms with Gasteiger partial charge >= 0.3 is 0 Å². The number of hydrogen-bond donors (Lipinski definition) is 2. The first-order valence-electron chi connectivity index (χ1n) is 11.9. The van der Waals surface area contributed by atoms with Crippen LogP contribution < -0.4 is 4.90 Å². The van der Waals surface area contributed by atoms with Crippen LogP contribution in [0.15, 0.2) is 54.6 Å². The molecule has 2 aliphatic heterocycles. The second-order valence-corrected chi connectivity index (χ2v) is 8.94. The van der Waals surface area contributed by atoms with Crippen molar-refractivity contribution in [2.24, 2.45) is 0 Å². The molecule has 3 aromatic rings. The van der Waals surface area contributed by atoms with Gasteiger partial charge in [0.1, 0.15) is 0 Å². The summed E-state index contributed by atoms with van der Waals surface area (Å²) in [6, 6.07) is 19.5. The number of quaternary nitrogens is 1. The lowest BCUT2D eigenvalue weighted by Gasteiger charge is -2.34. The average molecular weight is 420 g/mol. The minimum atomic E-state index is 0.900. The van der Waals surface area contributed by atoms with Crippen molar-refractivity contribution in [3.8, 4) is 11.3 Å². The lowest BCUT2D eigenvalue weighted by Crippen LogP contribution is -3.15. The van der Waals surface area contributed by atoms with Gasteiger partial charge in [-0.25, -0.2) is 0 Å². The normalized spacial score (nSPS) is 19.2. The minimum absolute atomic E-state index is 0.900. The van der Waals surface area contributed by atoms with Gasteiger partial charge in [0, 0.05) is 62.3 Å². The molecule has 2 fully saturated rings. The Bertz CT molecular complexity index is 956. The topological polar surface area (TPSA) is 35.9 Å². The van der Waals surface area contributed by atoms with Crippen LogP contribution in [0.1, 0.15) is 5.56 Å². The van der Waals surface area contributed by atoms with Gasteiger partial charge in [-0.1, -0.05) is 48.5 Å². The van der Waals surface area contributed by atoms with Crippen LogP contribution in [0, 0.1) is 0 Å². The quantitative estimate of drug-likeness (QED) is 0.614. The third-order valence-corrected chi connectivity index (χ3v) is 7.00. The minimum Gasteiger partial charge on any atom is -0.379 e. The summed E-state index contributed by atoms with van der Waals surface area (Å²) in [5.74, 6) is 0. The number of ether oxygens (including phenoxy) is 1. The number of nitrogens with zero attached hydrogens (tertiary/aromatic N) is 2. The number of morpholine rings is 1. The standard InChI is InChI=1S/C26H34N4O/c1-2-6-22(7-3-1)26-24(23-8-4-5-9-25(23)27-26)10-11-28-12-14-29(15-13-28)16-17-30-18-20-31-21-19-30/h1-9,27H,10-21H2/p+1. The first kappa shape index (κ1) is 20.7. The maximum absolute atomic E-state index is 5.47.